The van der Waals surface area contributed by atoms with Crippen LogP contribution in [0.4, 0.5) is 11.4 Å². The Bertz CT molecular complexity index is 1840. The summed E-state index contributed by atoms with van der Waals surface area (Å²) in [4.78, 5) is 40.8. The molecule has 5 aromatic carbocycles. The van der Waals surface area contributed by atoms with Gasteiger partial charge in [0.15, 0.2) is 0 Å². The molecule has 0 radical (unpaired) electrons. The number of aryl methyl sites for hydroxylation is 1. The highest BCUT2D eigenvalue weighted by Crippen LogP contribution is 2.37. The summed E-state index contributed by atoms with van der Waals surface area (Å²) < 4.78 is 5.32. The second kappa shape index (κ2) is 15.4. The number of carbonyl (C=O) groups excluding carboxylic acids is 3. The van der Waals surface area contributed by atoms with Gasteiger partial charge >= 0.3 is 0 Å². The fraction of sp³-hybridized carbons (Fsp3) is 0.0789. The Labute approximate surface area is 272 Å². The highest BCUT2D eigenvalue weighted by atomic mass is 32.2. The predicted octanol–water partition coefficient (Wildman–Crippen LogP) is 7.89. The minimum Gasteiger partial charge on any atom is -0.497 e. The lowest BCUT2D eigenvalue weighted by Crippen LogP contribution is -2.30. The molecule has 7 nitrogen and oxygen atoms in total. The molecule has 5 aromatic rings. The van der Waals surface area contributed by atoms with Gasteiger partial charge in [0, 0.05) is 21.8 Å². The molecule has 0 saturated carbocycles. The number of anilines is 2. The molecule has 0 spiro atoms. The zero-order chi connectivity index (χ0) is 32.3. The van der Waals surface area contributed by atoms with Gasteiger partial charge in [-0.25, -0.2) is 0 Å². The minimum absolute atomic E-state index is 0.0672. The van der Waals surface area contributed by atoms with Crippen LogP contribution in [0.25, 0.3) is 6.08 Å². The van der Waals surface area contributed by atoms with E-state index >= 15 is 0 Å². The zero-order valence-electron chi connectivity index (χ0n) is 25.4. The number of carbonyl (C=O) groups is 3. The summed E-state index contributed by atoms with van der Waals surface area (Å²) in [5.74, 6) is -0.415. The molecule has 8 heteroatoms. The first-order valence-electron chi connectivity index (χ1n) is 14.6. The van der Waals surface area contributed by atoms with Crippen molar-refractivity contribution in [2.45, 2.75) is 17.1 Å². The van der Waals surface area contributed by atoms with Crippen LogP contribution in [0.3, 0.4) is 0 Å². The summed E-state index contributed by atoms with van der Waals surface area (Å²) in [7, 11) is 1.56. The van der Waals surface area contributed by atoms with Gasteiger partial charge in [0.25, 0.3) is 11.8 Å². The molecule has 230 valence electrons. The Morgan fingerprint density at radius 1 is 0.739 bits per heavy atom. The third-order valence-corrected chi connectivity index (χ3v) is 8.31. The lowest BCUT2D eigenvalue weighted by Gasteiger charge is -2.18. The number of rotatable bonds is 11. The number of nitrogens with one attached hydrogen (secondary N) is 3. The van der Waals surface area contributed by atoms with Gasteiger partial charge in [-0.05, 0) is 84.3 Å². The first kappa shape index (κ1) is 31.8. The monoisotopic (exact) mass is 627 g/mol. The molecule has 0 heterocycles. The molecule has 1 atom stereocenters. The molecule has 0 bridgehead atoms. The maximum absolute atomic E-state index is 13.5. The van der Waals surface area contributed by atoms with E-state index in [2.05, 4.69) is 16.0 Å². The number of hydrogen-bond acceptors (Lipinski definition) is 5. The Morgan fingerprint density at radius 3 is 2.11 bits per heavy atom. The molecule has 46 heavy (non-hydrogen) atoms. The van der Waals surface area contributed by atoms with E-state index in [0.717, 1.165) is 21.7 Å². The van der Waals surface area contributed by atoms with E-state index in [0.29, 0.717) is 22.6 Å². The quantitative estimate of drug-likeness (QED) is 0.102. The SMILES string of the molecule is COc1cccc(/C=C(\NC(=O)c2ccccc2)C(=O)Nc2ccc(SC(C(=O)Nc3ccccc3C)c3ccccc3)cc2)c1. The molecule has 3 N–H and O–H groups in total. The lowest BCUT2D eigenvalue weighted by atomic mass is 10.1. The second-order valence-electron chi connectivity index (χ2n) is 10.3. The number of benzene rings is 5. The van der Waals surface area contributed by atoms with Crippen molar-refractivity contribution >= 4 is 46.9 Å². The second-order valence-corrected chi connectivity index (χ2v) is 11.5. The summed E-state index contributed by atoms with van der Waals surface area (Å²) in [5.41, 5.74) is 4.32. The molecule has 0 saturated heterocycles. The maximum Gasteiger partial charge on any atom is 0.272 e. The van der Waals surface area contributed by atoms with Gasteiger partial charge < -0.3 is 20.7 Å². The summed E-state index contributed by atoms with van der Waals surface area (Å²) in [6.07, 6.45) is 1.60. The van der Waals surface area contributed by atoms with Crippen molar-refractivity contribution in [2.75, 3.05) is 17.7 Å². The van der Waals surface area contributed by atoms with Crippen molar-refractivity contribution < 1.29 is 19.1 Å². The zero-order valence-corrected chi connectivity index (χ0v) is 26.2. The van der Waals surface area contributed by atoms with E-state index in [1.807, 2.05) is 85.8 Å². The van der Waals surface area contributed by atoms with Crippen LogP contribution < -0.4 is 20.7 Å². The Kier molecular flexibility index (Phi) is 10.7. The van der Waals surface area contributed by atoms with E-state index in [4.69, 9.17) is 4.74 Å². The van der Waals surface area contributed by atoms with Gasteiger partial charge in [-0.3, -0.25) is 14.4 Å². The number of para-hydroxylation sites is 1. The number of ether oxygens (including phenoxy) is 1. The van der Waals surface area contributed by atoms with E-state index in [-0.39, 0.29) is 11.6 Å². The van der Waals surface area contributed by atoms with Crippen LogP contribution >= 0.6 is 11.8 Å². The van der Waals surface area contributed by atoms with Crippen LogP contribution in [0.15, 0.2) is 144 Å². The smallest absolute Gasteiger partial charge is 0.272 e. The fourth-order valence-electron chi connectivity index (χ4n) is 4.60. The molecular formula is C38H33N3O4S. The van der Waals surface area contributed by atoms with Crippen molar-refractivity contribution in [3.8, 4) is 5.75 Å². The Balaban J connectivity index is 1.34. The van der Waals surface area contributed by atoms with Crippen LogP contribution in [0.5, 0.6) is 5.75 Å². The largest absolute Gasteiger partial charge is 0.497 e. The van der Waals surface area contributed by atoms with Crippen molar-refractivity contribution in [3.63, 3.8) is 0 Å². The van der Waals surface area contributed by atoms with Crippen molar-refractivity contribution in [1.82, 2.24) is 5.32 Å². The predicted molar refractivity (Wildman–Crippen MR) is 185 cm³/mol. The molecule has 0 aromatic heterocycles. The standard InChI is InChI=1S/C38H33N3O4S/c1-26-12-9-10-19-33(26)40-38(44)35(28-14-5-3-6-15-28)46-32-22-20-30(21-23-32)39-37(43)34(25-27-13-11-18-31(24-27)45-2)41-36(42)29-16-7-4-8-17-29/h3-25,35H,1-2H3,(H,39,43)(H,40,44)(H,41,42)/b34-25-. The van der Waals surface area contributed by atoms with E-state index in [9.17, 15) is 14.4 Å². The van der Waals surface area contributed by atoms with Crippen molar-refractivity contribution in [1.29, 1.82) is 0 Å². The number of methoxy groups -OCH3 is 1. The highest BCUT2D eigenvalue weighted by molar-refractivity contribution is 8.00. The Hall–Kier alpha value is -5.60. The average Bonchev–Trinajstić information content (AvgIpc) is 3.09. The summed E-state index contributed by atoms with van der Waals surface area (Å²) in [6, 6.07) is 40.4. The minimum atomic E-state index is -0.508. The first-order valence-corrected chi connectivity index (χ1v) is 15.5. The van der Waals surface area contributed by atoms with Gasteiger partial charge in [-0.1, -0.05) is 78.9 Å². The van der Waals surface area contributed by atoms with Gasteiger partial charge in [0.2, 0.25) is 5.91 Å². The van der Waals surface area contributed by atoms with Crippen molar-refractivity contribution in [2.24, 2.45) is 0 Å². The molecule has 0 aliphatic heterocycles. The van der Waals surface area contributed by atoms with E-state index < -0.39 is 17.1 Å². The fourth-order valence-corrected chi connectivity index (χ4v) is 5.63. The molecule has 3 amide bonds. The number of thioether (sulfide) groups is 1. The van der Waals surface area contributed by atoms with Crippen LogP contribution in [-0.4, -0.2) is 24.8 Å². The average molecular weight is 628 g/mol. The van der Waals surface area contributed by atoms with Crippen molar-refractivity contribution in [3.05, 3.63) is 161 Å². The van der Waals surface area contributed by atoms with Gasteiger partial charge in [0.1, 0.15) is 16.7 Å². The molecule has 0 aliphatic rings. The first-order chi connectivity index (χ1) is 22.4. The molecular weight excluding hydrogens is 595 g/mol. The van der Waals surface area contributed by atoms with Crippen LogP contribution in [-0.2, 0) is 9.59 Å². The lowest BCUT2D eigenvalue weighted by molar-refractivity contribution is -0.116. The van der Waals surface area contributed by atoms with Gasteiger partial charge in [0.05, 0.1) is 7.11 Å². The molecule has 5 rings (SSSR count). The highest BCUT2D eigenvalue weighted by Gasteiger charge is 2.23. The summed E-state index contributed by atoms with van der Waals surface area (Å²) >= 11 is 1.42. The van der Waals surface area contributed by atoms with Crippen LogP contribution in [0.1, 0.15) is 32.3 Å². The van der Waals surface area contributed by atoms with E-state index in [1.54, 1.807) is 67.8 Å². The number of hydrogen-bond donors (Lipinski definition) is 3. The van der Waals surface area contributed by atoms with E-state index in [1.165, 1.54) is 11.8 Å². The molecule has 0 fully saturated rings. The third kappa shape index (κ3) is 8.52. The van der Waals surface area contributed by atoms with Gasteiger partial charge in [-0.15, -0.1) is 11.8 Å². The normalized spacial score (nSPS) is 11.7. The number of amides is 3. The molecule has 1 unspecified atom stereocenters. The summed E-state index contributed by atoms with van der Waals surface area (Å²) in [6.45, 7) is 1.96. The van der Waals surface area contributed by atoms with Crippen LogP contribution in [0.2, 0.25) is 0 Å². The third-order valence-electron chi connectivity index (χ3n) is 7.04. The summed E-state index contributed by atoms with van der Waals surface area (Å²) in [5, 5.41) is 8.19. The maximum atomic E-state index is 13.5. The van der Waals surface area contributed by atoms with Gasteiger partial charge in [-0.2, -0.15) is 0 Å². The topological polar surface area (TPSA) is 96.5 Å². The van der Waals surface area contributed by atoms with Crippen LogP contribution in [0, 0.1) is 6.92 Å². The molecule has 0 aliphatic carbocycles. The Morgan fingerprint density at radius 2 is 1.41 bits per heavy atom.